The number of para-hydroxylation sites is 1. The van der Waals surface area contributed by atoms with Crippen molar-refractivity contribution in [2.75, 3.05) is 18.2 Å². The van der Waals surface area contributed by atoms with E-state index in [1.807, 2.05) is 24.3 Å². The molecule has 3 aromatic rings. The molecule has 1 aliphatic heterocycles. The lowest BCUT2D eigenvalue weighted by Gasteiger charge is -2.20. The van der Waals surface area contributed by atoms with E-state index in [2.05, 4.69) is 27.4 Å². The SMILES string of the molecule is CCCCSc1nnc2c(n1)O[C@@H](c1ccc(O)c(OC)c1)Nc1ccccc1-2. The number of nitrogens with zero attached hydrogens (tertiary/aromatic N) is 3. The molecule has 0 bridgehead atoms. The number of rotatable bonds is 6. The zero-order valence-electron chi connectivity index (χ0n) is 16.3. The van der Waals surface area contributed by atoms with Crippen LogP contribution in [0.4, 0.5) is 5.69 Å². The van der Waals surface area contributed by atoms with Gasteiger partial charge in [0.2, 0.25) is 11.0 Å². The smallest absolute Gasteiger partial charge is 0.247 e. The third-order valence-electron chi connectivity index (χ3n) is 4.57. The minimum Gasteiger partial charge on any atom is -0.504 e. The normalized spacial score (nSPS) is 14.8. The molecule has 4 rings (SSSR count). The van der Waals surface area contributed by atoms with Gasteiger partial charge in [0.25, 0.3) is 0 Å². The zero-order chi connectivity index (χ0) is 20.2. The van der Waals surface area contributed by atoms with E-state index in [-0.39, 0.29) is 5.75 Å². The fourth-order valence-corrected chi connectivity index (χ4v) is 3.89. The topological polar surface area (TPSA) is 89.4 Å². The number of ether oxygens (including phenoxy) is 2. The molecule has 0 saturated heterocycles. The Morgan fingerprint density at radius 3 is 2.90 bits per heavy atom. The van der Waals surface area contributed by atoms with Crippen molar-refractivity contribution in [2.45, 2.75) is 31.1 Å². The number of benzene rings is 2. The van der Waals surface area contributed by atoms with Gasteiger partial charge in [-0.05, 0) is 30.7 Å². The van der Waals surface area contributed by atoms with Crippen molar-refractivity contribution in [3.63, 3.8) is 0 Å². The summed E-state index contributed by atoms with van der Waals surface area (Å²) in [6.07, 6.45) is 1.67. The van der Waals surface area contributed by atoms with E-state index in [1.54, 1.807) is 30.0 Å². The molecule has 0 saturated carbocycles. The fourth-order valence-electron chi connectivity index (χ4n) is 3.02. The first-order chi connectivity index (χ1) is 14.2. The van der Waals surface area contributed by atoms with E-state index in [4.69, 9.17) is 9.47 Å². The average Bonchev–Trinajstić information content (AvgIpc) is 2.91. The monoisotopic (exact) mass is 410 g/mol. The number of nitrogens with one attached hydrogen (secondary N) is 1. The van der Waals surface area contributed by atoms with Crippen molar-refractivity contribution < 1.29 is 14.6 Å². The predicted octanol–water partition coefficient (Wildman–Crippen LogP) is 4.65. The van der Waals surface area contributed by atoms with Gasteiger partial charge in [-0.15, -0.1) is 10.2 Å². The molecule has 0 aliphatic carbocycles. The van der Waals surface area contributed by atoms with Crippen LogP contribution in [0, 0.1) is 0 Å². The number of hydrogen-bond acceptors (Lipinski definition) is 8. The fraction of sp³-hybridized carbons (Fsp3) is 0.286. The second-order valence-electron chi connectivity index (χ2n) is 6.57. The predicted molar refractivity (Wildman–Crippen MR) is 113 cm³/mol. The van der Waals surface area contributed by atoms with E-state index < -0.39 is 6.23 Å². The van der Waals surface area contributed by atoms with Crippen molar-refractivity contribution in [2.24, 2.45) is 0 Å². The minimum atomic E-state index is -0.530. The van der Waals surface area contributed by atoms with Crippen molar-refractivity contribution in [1.82, 2.24) is 15.2 Å². The van der Waals surface area contributed by atoms with Gasteiger partial charge in [0.1, 0.15) is 0 Å². The number of phenolic OH excluding ortho intramolecular Hbond substituents is 1. The molecule has 1 aliphatic rings. The summed E-state index contributed by atoms with van der Waals surface area (Å²) in [5, 5.41) is 22.6. The van der Waals surface area contributed by atoms with Crippen molar-refractivity contribution >= 4 is 17.4 Å². The number of methoxy groups -OCH3 is 1. The van der Waals surface area contributed by atoms with E-state index in [9.17, 15) is 5.11 Å². The molecule has 150 valence electrons. The molecule has 2 N–H and O–H groups in total. The lowest BCUT2D eigenvalue weighted by atomic mass is 10.1. The molecule has 29 heavy (non-hydrogen) atoms. The van der Waals surface area contributed by atoms with Crippen LogP contribution >= 0.6 is 11.8 Å². The highest BCUT2D eigenvalue weighted by Crippen LogP contribution is 2.40. The van der Waals surface area contributed by atoms with Gasteiger partial charge < -0.3 is 19.9 Å². The Morgan fingerprint density at radius 2 is 2.07 bits per heavy atom. The van der Waals surface area contributed by atoms with E-state index >= 15 is 0 Å². The summed E-state index contributed by atoms with van der Waals surface area (Å²) in [6, 6.07) is 12.9. The van der Waals surface area contributed by atoms with Gasteiger partial charge in [-0.25, -0.2) is 0 Å². The Balaban J connectivity index is 1.74. The number of thioether (sulfide) groups is 1. The van der Waals surface area contributed by atoms with Crippen LogP contribution < -0.4 is 14.8 Å². The van der Waals surface area contributed by atoms with Crippen molar-refractivity contribution in [3.8, 4) is 28.6 Å². The van der Waals surface area contributed by atoms with Crippen LogP contribution in [0.3, 0.4) is 0 Å². The molecule has 2 aromatic carbocycles. The van der Waals surface area contributed by atoms with Crippen LogP contribution in [-0.4, -0.2) is 33.2 Å². The number of fused-ring (bicyclic) bond motifs is 3. The van der Waals surface area contributed by atoms with Crippen molar-refractivity contribution in [1.29, 1.82) is 0 Å². The molecule has 1 aromatic heterocycles. The largest absolute Gasteiger partial charge is 0.504 e. The van der Waals surface area contributed by atoms with Crippen molar-refractivity contribution in [3.05, 3.63) is 48.0 Å². The van der Waals surface area contributed by atoms with Gasteiger partial charge in [-0.2, -0.15) is 4.98 Å². The molecular weight excluding hydrogens is 388 g/mol. The molecule has 8 heteroatoms. The highest BCUT2D eigenvalue weighted by molar-refractivity contribution is 7.99. The number of anilines is 1. The van der Waals surface area contributed by atoms with Crippen LogP contribution in [0.1, 0.15) is 31.6 Å². The van der Waals surface area contributed by atoms with Crippen LogP contribution in [0.5, 0.6) is 17.4 Å². The summed E-state index contributed by atoms with van der Waals surface area (Å²) in [6.45, 7) is 2.15. The van der Waals surface area contributed by atoms with Gasteiger partial charge in [-0.1, -0.05) is 43.3 Å². The second-order valence-corrected chi connectivity index (χ2v) is 7.63. The maximum atomic E-state index is 9.92. The molecular formula is C21H22N4O3S. The number of unbranched alkanes of at least 4 members (excludes halogenated alkanes) is 1. The quantitative estimate of drug-likeness (QED) is 0.448. The van der Waals surface area contributed by atoms with E-state index in [0.717, 1.165) is 35.4 Å². The standard InChI is InChI=1S/C21H22N4O3S/c1-3-4-11-29-21-23-20-18(24-25-21)14-7-5-6-8-15(14)22-19(28-20)13-9-10-16(26)17(12-13)27-2/h5-10,12,19,22,26H,3-4,11H2,1-2H3/t19-/m0/s1. The van der Waals surface area contributed by atoms with Crippen LogP contribution in [0.2, 0.25) is 0 Å². The number of hydrogen-bond donors (Lipinski definition) is 2. The zero-order valence-corrected chi connectivity index (χ0v) is 17.1. The van der Waals surface area contributed by atoms with Crippen LogP contribution in [0.25, 0.3) is 11.3 Å². The van der Waals surface area contributed by atoms with Gasteiger partial charge >= 0.3 is 0 Å². The summed E-state index contributed by atoms with van der Waals surface area (Å²) >= 11 is 1.57. The molecule has 0 fully saturated rings. The average molecular weight is 410 g/mol. The summed E-state index contributed by atoms with van der Waals surface area (Å²) in [7, 11) is 1.52. The third-order valence-corrected chi connectivity index (χ3v) is 5.49. The minimum absolute atomic E-state index is 0.0734. The first-order valence-electron chi connectivity index (χ1n) is 9.46. The van der Waals surface area contributed by atoms with Gasteiger partial charge in [0.15, 0.2) is 23.4 Å². The highest BCUT2D eigenvalue weighted by Gasteiger charge is 2.26. The highest BCUT2D eigenvalue weighted by atomic mass is 32.2. The number of phenols is 1. The number of aromatic nitrogens is 3. The first-order valence-corrected chi connectivity index (χ1v) is 10.4. The molecule has 7 nitrogen and oxygen atoms in total. The Kier molecular flexibility index (Phi) is 5.71. The summed E-state index contributed by atoms with van der Waals surface area (Å²) in [4.78, 5) is 4.63. The molecule has 0 spiro atoms. The maximum absolute atomic E-state index is 9.92. The third kappa shape index (κ3) is 4.07. The first kappa shape index (κ1) is 19.3. The van der Waals surface area contributed by atoms with E-state index in [0.29, 0.717) is 22.5 Å². The molecule has 0 unspecified atom stereocenters. The molecule has 1 atom stereocenters. The molecule has 2 heterocycles. The summed E-state index contributed by atoms with van der Waals surface area (Å²) in [5.74, 6) is 1.81. The van der Waals surface area contributed by atoms with Crippen LogP contribution in [0.15, 0.2) is 47.6 Å². The van der Waals surface area contributed by atoms with Gasteiger partial charge in [-0.3, -0.25) is 0 Å². The van der Waals surface area contributed by atoms with Crippen LogP contribution in [-0.2, 0) is 0 Å². The number of aromatic hydroxyl groups is 1. The molecule has 0 radical (unpaired) electrons. The lowest BCUT2D eigenvalue weighted by molar-refractivity contribution is 0.224. The van der Waals surface area contributed by atoms with E-state index in [1.165, 1.54) is 7.11 Å². The lowest BCUT2D eigenvalue weighted by Crippen LogP contribution is -2.17. The Morgan fingerprint density at radius 1 is 1.21 bits per heavy atom. The summed E-state index contributed by atoms with van der Waals surface area (Å²) in [5.41, 5.74) is 3.13. The molecule has 0 amide bonds. The Bertz CT molecular complexity index is 1010. The maximum Gasteiger partial charge on any atom is 0.247 e. The summed E-state index contributed by atoms with van der Waals surface area (Å²) < 4.78 is 11.5. The Labute approximate surface area is 173 Å². The van der Waals surface area contributed by atoms with Gasteiger partial charge in [0, 0.05) is 22.6 Å². The van der Waals surface area contributed by atoms with Gasteiger partial charge in [0.05, 0.1) is 7.11 Å². The Hall–Kier alpha value is -3.00. The second kappa shape index (κ2) is 8.57.